The minimum atomic E-state index is -0.970. The Kier molecular flexibility index (Phi) is 7.34. The lowest BCUT2D eigenvalue weighted by molar-refractivity contribution is -0.144. The van der Waals surface area contributed by atoms with Crippen LogP contribution >= 0.6 is 0 Å². The number of H-pyrrole nitrogens is 1. The van der Waals surface area contributed by atoms with Crippen molar-refractivity contribution in [2.24, 2.45) is 0 Å². The molecule has 1 amide bonds. The van der Waals surface area contributed by atoms with Crippen LogP contribution in [0.4, 0.5) is 0 Å². The molecule has 1 heterocycles. The summed E-state index contributed by atoms with van der Waals surface area (Å²) in [4.78, 5) is 41.8. The number of ether oxygens (including phenoxy) is 1. The first-order valence-electron chi connectivity index (χ1n) is 11.9. The van der Waals surface area contributed by atoms with Crippen LogP contribution < -0.4 is 5.32 Å². The number of rotatable bonds is 8. The second-order valence-corrected chi connectivity index (χ2v) is 9.81. The molecule has 184 valence electrons. The van der Waals surface area contributed by atoms with Gasteiger partial charge in [0.05, 0.1) is 0 Å². The molecular weight excluding hydrogens is 452 g/mol. The fraction of sp³-hybridized carbons (Fsp3) is 0.233. The highest BCUT2D eigenvalue weighted by molar-refractivity contribution is 5.99. The van der Waals surface area contributed by atoms with Crippen LogP contribution in [0.15, 0.2) is 85.1 Å². The van der Waals surface area contributed by atoms with Crippen LogP contribution in [0.1, 0.15) is 52.6 Å². The van der Waals surface area contributed by atoms with Gasteiger partial charge >= 0.3 is 5.97 Å². The summed E-state index contributed by atoms with van der Waals surface area (Å²) in [6.07, 6.45) is 2.04. The van der Waals surface area contributed by atoms with Crippen molar-refractivity contribution in [3.8, 4) is 0 Å². The molecule has 0 bridgehead atoms. The maximum Gasteiger partial charge on any atom is 0.329 e. The molecule has 0 spiro atoms. The van der Waals surface area contributed by atoms with E-state index in [0.29, 0.717) is 11.1 Å². The third-order valence-electron chi connectivity index (χ3n) is 6.14. The first-order chi connectivity index (χ1) is 17.2. The zero-order valence-electron chi connectivity index (χ0n) is 20.7. The summed E-state index contributed by atoms with van der Waals surface area (Å²) in [5, 5.41) is 3.78. The zero-order chi connectivity index (χ0) is 25.7. The molecular formula is C30H30N2O4. The van der Waals surface area contributed by atoms with Gasteiger partial charge in [-0.15, -0.1) is 0 Å². The number of benzene rings is 3. The fourth-order valence-corrected chi connectivity index (χ4v) is 4.02. The standard InChI is InChI=1S/C30H30N2O4/c1-30(2,3)23-15-13-21(14-16-23)28(34)32-26(17-22-18-31-25-12-8-7-11-24(22)25)29(35)36-19-27(33)20-9-5-4-6-10-20/h4-16,18,26,31H,17,19H2,1-3H3,(H,32,34)/t26-/m1/s1. The summed E-state index contributed by atoms with van der Waals surface area (Å²) < 4.78 is 5.37. The van der Waals surface area contributed by atoms with E-state index in [2.05, 4.69) is 31.1 Å². The van der Waals surface area contributed by atoms with Gasteiger partial charge in [0.15, 0.2) is 12.4 Å². The Balaban J connectivity index is 1.52. The van der Waals surface area contributed by atoms with Crippen molar-refractivity contribution < 1.29 is 19.1 Å². The normalized spacial score (nSPS) is 12.2. The number of carbonyl (C=O) groups excluding carboxylic acids is 3. The van der Waals surface area contributed by atoms with Gasteiger partial charge in [0, 0.05) is 34.6 Å². The summed E-state index contributed by atoms with van der Waals surface area (Å²) in [5.41, 5.74) is 3.77. The molecule has 0 fully saturated rings. The van der Waals surface area contributed by atoms with Gasteiger partial charge in [-0.2, -0.15) is 0 Å². The van der Waals surface area contributed by atoms with Crippen molar-refractivity contribution in [2.75, 3.05) is 6.61 Å². The van der Waals surface area contributed by atoms with Crippen molar-refractivity contribution in [3.63, 3.8) is 0 Å². The van der Waals surface area contributed by atoms with E-state index in [9.17, 15) is 14.4 Å². The van der Waals surface area contributed by atoms with Crippen molar-refractivity contribution in [3.05, 3.63) is 107 Å². The quantitative estimate of drug-likeness (QED) is 0.266. The van der Waals surface area contributed by atoms with Crippen LogP contribution in [-0.4, -0.2) is 35.3 Å². The molecule has 6 nitrogen and oxygen atoms in total. The molecule has 36 heavy (non-hydrogen) atoms. The molecule has 0 aliphatic heterocycles. The Morgan fingerprint density at radius 2 is 1.53 bits per heavy atom. The van der Waals surface area contributed by atoms with Crippen molar-refractivity contribution in [1.29, 1.82) is 0 Å². The number of ketones is 1. The second kappa shape index (κ2) is 10.6. The van der Waals surface area contributed by atoms with Crippen LogP contribution in [0.3, 0.4) is 0 Å². The third-order valence-corrected chi connectivity index (χ3v) is 6.14. The van der Waals surface area contributed by atoms with Crippen LogP contribution in [0.25, 0.3) is 10.9 Å². The van der Waals surface area contributed by atoms with E-state index >= 15 is 0 Å². The molecule has 3 aromatic carbocycles. The average molecular weight is 483 g/mol. The number of Topliss-reactive ketones (excluding diaryl/α,β-unsaturated/α-hetero) is 1. The molecule has 6 heteroatoms. The van der Waals surface area contributed by atoms with Gasteiger partial charge in [0.1, 0.15) is 6.04 Å². The molecule has 0 saturated carbocycles. The number of aromatic nitrogens is 1. The Morgan fingerprint density at radius 3 is 2.22 bits per heavy atom. The van der Waals surface area contributed by atoms with Crippen molar-refractivity contribution >= 4 is 28.6 Å². The largest absolute Gasteiger partial charge is 0.456 e. The lowest BCUT2D eigenvalue weighted by Crippen LogP contribution is -2.43. The molecule has 0 radical (unpaired) electrons. The van der Waals surface area contributed by atoms with E-state index in [1.54, 1.807) is 36.4 Å². The number of hydrogen-bond acceptors (Lipinski definition) is 4. The molecule has 4 rings (SSSR count). The van der Waals surface area contributed by atoms with Crippen LogP contribution in [0, 0.1) is 0 Å². The molecule has 1 aromatic heterocycles. The molecule has 4 aromatic rings. The maximum absolute atomic E-state index is 13.1. The van der Waals surface area contributed by atoms with E-state index in [1.807, 2.05) is 48.7 Å². The number of amides is 1. The zero-order valence-corrected chi connectivity index (χ0v) is 20.7. The van der Waals surface area contributed by atoms with Gasteiger partial charge in [-0.05, 0) is 34.7 Å². The maximum atomic E-state index is 13.1. The van der Waals surface area contributed by atoms with Crippen LogP contribution in [-0.2, 0) is 21.4 Å². The van der Waals surface area contributed by atoms with Gasteiger partial charge in [0.25, 0.3) is 5.91 Å². The lowest BCUT2D eigenvalue weighted by Gasteiger charge is -2.20. The van der Waals surface area contributed by atoms with Crippen LogP contribution in [0.2, 0.25) is 0 Å². The van der Waals surface area contributed by atoms with E-state index in [1.165, 1.54) is 0 Å². The first kappa shape index (κ1) is 24.9. The SMILES string of the molecule is CC(C)(C)c1ccc(C(=O)N[C@H](Cc2c[nH]c3ccccc23)C(=O)OCC(=O)c2ccccc2)cc1. The summed E-state index contributed by atoms with van der Waals surface area (Å²) in [6, 6.07) is 22.8. The molecule has 2 N–H and O–H groups in total. The average Bonchev–Trinajstić information content (AvgIpc) is 3.29. The lowest BCUT2D eigenvalue weighted by atomic mass is 9.86. The highest BCUT2D eigenvalue weighted by Crippen LogP contribution is 2.23. The van der Waals surface area contributed by atoms with Crippen molar-refractivity contribution in [2.45, 2.75) is 38.6 Å². The number of carbonyl (C=O) groups is 3. The van der Waals surface area contributed by atoms with Crippen LogP contribution in [0.5, 0.6) is 0 Å². The fourth-order valence-electron chi connectivity index (χ4n) is 4.02. The Bertz CT molecular complexity index is 1370. The molecule has 0 unspecified atom stereocenters. The minimum Gasteiger partial charge on any atom is -0.456 e. The number of fused-ring (bicyclic) bond motifs is 1. The third kappa shape index (κ3) is 5.89. The smallest absolute Gasteiger partial charge is 0.329 e. The predicted molar refractivity (Wildman–Crippen MR) is 140 cm³/mol. The Hall–Kier alpha value is -4.19. The number of hydrogen-bond donors (Lipinski definition) is 2. The van der Waals surface area contributed by atoms with E-state index in [4.69, 9.17) is 4.74 Å². The summed E-state index contributed by atoms with van der Waals surface area (Å²) in [6.45, 7) is 5.91. The van der Waals surface area contributed by atoms with Gasteiger partial charge < -0.3 is 15.0 Å². The van der Waals surface area contributed by atoms with Gasteiger partial charge in [-0.25, -0.2) is 4.79 Å². The van der Waals surface area contributed by atoms with Gasteiger partial charge in [-0.3, -0.25) is 9.59 Å². The molecule has 0 aliphatic rings. The highest BCUT2D eigenvalue weighted by atomic mass is 16.5. The van der Waals surface area contributed by atoms with E-state index < -0.39 is 18.6 Å². The number of esters is 1. The van der Waals surface area contributed by atoms with Gasteiger partial charge in [-0.1, -0.05) is 81.4 Å². The summed E-state index contributed by atoms with van der Waals surface area (Å²) in [7, 11) is 0. The monoisotopic (exact) mass is 482 g/mol. The van der Waals surface area contributed by atoms with Crippen molar-refractivity contribution in [1.82, 2.24) is 10.3 Å². The predicted octanol–water partition coefficient (Wildman–Crippen LogP) is 5.23. The molecule has 0 aliphatic carbocycles. The minimum absolute atomic E-state index is 0.0397. The number of nitrogens with one attached hydrogen (secondary N) is 2. The van der Waals surface area contributed by atoms with E-state index in [-0.39, 0.29) is 23.5 Å². The number of para-hydroxylation sites is 1. The molecule has 0 saturated heterocycles. The van der Waals surface area contributed by atoms with E-state index in [0.717, 1.165) is 22.0 Å². The Morgan fingerprint density at radius 1 is 0.861 bits per heavy atom. The van der Waals surface area contributed by atoms with Gasteiger partial charge in [0.2, 0.25) is 0 Å². The second-order valence-electron chi connectivity index (χ2n) is 9.81. The molecule has 1 atom stereocenters. The topological polar surface area (TPSA) is 88.3 Å². The first-order valence-corrected chi connectivity index (χ1v) is 11.9. The Labute approximate surface area is 210 Å². The summed E-state index contributed by atoms with van der Waals surface area (Å²) >= 11 is 0. The number of aromatic amines is 1. The highest BCUT2D eigenvalue weighted by Gasteiger charge is 2.26. The summed E-state index contributed by atoms with van der Waals surface area (Å²) in [5.74, 6) is -1.35.